The lowest BCUT2D eigenvalue weighted by atomic mass is 10.4. The molecule has 0 saturated carbocycles. The number of ether oxygens (including phenoxy) is 1. The fourth-order valence-electron chi connectivity index (χ4n) is 0.447. The van der Waals surface area contributed by atoms with Crippen LogP contribution in [0.1, 0.15) is 13.8 Å². The van der Waals surface area contributed by atoms with Gasteiger partial charge in [0.2, 0.25) is 0 Å². The van der Waals surface area contributed by atoms with E-state index in [4.69, 9.17) is 0 Å². The van der Waals surface area contributed by atoms with Crippen LogP contribution < -0.4 is 5.90 Å². The fraction of sp³-hybridized carbons (Fsp3) is 0.429. The third kappa shape index (κ3) is 5.43. The molecule has 0 bridgehead atoms. The second-order valence-corrected chi connectivity index (χ2v) is 2.26. The SMILES string of the molecule is CC(C)OC(=O)/C=C/C(=O)ON. The minimum absolute atomic E-state index is 0.212. The maximum atomic E-state index is 10.7. The lowest BCUT2D eigenvalue weighted by molar-refractivity contribution is -0.143. The maximum absolute atomic E-state index is 10.7. The Kier molecular flexibility index (Phi) is 4.71. The van der Waals surface area contributed by atoms with Gasteiger partial charge in [0, 0.05) is 12.2 Å². The summed E-state index contributed by atoms with van der Waals surface area (Å²) in [5, 5.41) is 0. The van der Waals surface area contributed by atoms with Gasteiger partial charge in [0.1, 0.15) is 0 Å². The Bertz CT molecular complexity index is 198. The first-order valence-corrected chi connectivity index (χ1v) is 3.35. The van der Waals surface area contributed by atoms with Crippen LogP contribution in [0.15, 0.2) is 12.2 Å². The number of carbonyl (C=O) groups excluding carboxylic acids is 2. The van der Waals surface area contributed by atoms with Crippen LogP contribution in [-0.2, 0) is 19.2 Å². The number of rotatable bonds is 3. The van der Waals surface area contributed by atoms with Crippen molar-refractivity contribution in [1.82, 2.24) is 0 Å². The Labute approximate surface area is 70.1 Å². The van der Waals surface area contributed by atoms with Gasteiger partial charge in [-0.15, -0.1) is 0 Å². The molecule has 0 aliphatic rings. The van der Waals surface area contributed by atoms with Gasteiger partial charge < -0.3 is 9.57 Å². The highest BCUT2D eigenvalue weighted by Crippen LogP contribution is 1.90. The molecule has 0 heterocycles. The molecule has 5 nitrogen and oxygen atoms in total. The normalized spacial score (nSPS) is 10.3. The summed E-state index contributed by atoms with van der Waals surface area (Å²) >= 11 is 0. The predicted octanol–water partition coefficient (Wildman–Crippen LogP) is -0.0889. The Morgan fingerprint density at radius 2 is 1.75 bits per heavy atom. The van der Waals surface area contributed by atoms with E-state index in [1.54, 1.807) is 13.8 Å². The molecule has 0 aliphatic carbocycles. The number of hydrogen-bond donors (Lipinski definition) is 1. The molecular weight excluding hydrogens is 162 g/mol. The summed E-state index contributed by atoms with van der Waals surface area (Å²) < 4.78 is 4.67. The molecule has 12 heavy (non-hydrogen) atoms. The van der Waals surface area contributed by atoms with E-state index >= 15 is 0 Å². The molecule has 0 radical (unpaired) electrons. The molecule has 0 aromatic heterocycles. The third-order valence-corrected chi connectivity index (χ3v) is 0.824. The maximum Gasteiger partial charge on any atom is 0.349 e. The molecule has 0 saturated heterocycles. The molecule has 2 N–H and O–H groups in total. The molecule has 0 aromatic rings. The van der Waals surface area contributed by atoms with E-state index in [-0.39, 0.29) is 6.10 Å². The van der Waals surface area contributed by atoms with Crippen molar-refractivity contribution in [2.45, 2.75) is 20.0 Å². The fourth-order valence-corrected chi connectivity index (χ4v) is 0.447. The van der Waals surface area contributed by atoms with Gasteiger partial charge in [0.15, 0.2) is 0 Å². The second-order valence-electron chi connectivity index (χ2n) is 2.26. The van der Waals surface area contributed by atoms with Crippen molar-refractivity contribution in [3.8, 4) is 0 Å². The number of hydrogen-bond acceptors (Lipinski definition) is 5. The van der Waals surface area contributed by atoms with E-state index in [9.17, 15) is 9.59 Å². The first-order valence-electron chi connectivity index (χ1n) is 3.35. The molecule has 68 valence electrons. The van der Waals surface area contributed by atoms with E-state index in [0.717, 1.165) is 12.2 Å². The van der Waals surface area contributed by atoms with E-state index in [2.05, 4.69) is 15.5 Å². The van der Waals surface area contributed by atoms with E-state index in [1.165, 1.54) is 0 Å². The molecule has 5 heteroatoms. The lowest BCUT2D eigenvalue weighted by Crippen LogP contribution is -2.10. The van der Waals surface area contributed by atoms with Gasteiger partial charge in [-0.25, -0.2) is 9.59 Å². The minimum Gasteiger partial charge on any atom is -0.460 e. The predicted molar refractivity (Wildman–Crippen MR) is 40.6 cm³/mol. The Morgan fingerprint density at radius 1 is 1.25 bits per heavy atom. The molecular formula is C7H11NO4. The van der Waals surface area contributed by atoms with E-state index < -0.39 is 11.9 Å². The average Bonchev–Trinajstić information content (AvgIpc) is 1.99. The molecule has 0 rings (SSSR count). The number of nitrogens with two attached hydrogens (primary N) is 1. The molecule has 0 spiro atoms. The summed E-state index contributed by atoms with van der Waals surface area (Å²) in [5.74, 6) is 3.11. The van der Waals surface area contributed by atoms with Crippen LogP contribution in [0.25, 0.3) is 0 Å². The molecule has 0 unspecified atom stereocenters. The molecule has 0 amide bonds. The van der Waals surface area contributed by atoms with Crippen LogP contribution in [0.5, 0.6) is 0 Å². The number of esters is 1. The zero-order valence-corrected chi connectivity index (χ0v) is 6.94. The first-order chi connectivity index (χ1) is 5.56. The van der Waals surface area contributed by atoms with Crippen molar-refractivity contribution in [2.75, 3.05) is 0 Å². The molecule has 0 fully saturated rings. The minimum atomic E-state index is -0.796. The highest BCUT2D eigenvalue weighted by atomic mass is 16.7. The summed E-state index contributed by atoms with van der Waals surface area (Å²) in [7, 11) is 0. The highest BCUT2D eigenvalue weighted by Gasteiger charge is 2.01. The van der Waals surface area contributed by atoms with Crippen LogP contribution in [0.2, 0.25) is 0 Å². The second kappa shape index (κ2) is 5.31. The van der Waals surface area contributed by atoms with Gasteiger partial charge in [0.25, 0.3) is 0 Å². The molecule has 0 atom stereocenters. The van der Waals surface area contributed by atoms with Gasteiger partial charge >= 0.3 is 11.9 Å². The zero-order chi connectivity index (χ0) is 9.56. The monoisotopic (exact) mass is 173 g/mol. The average molecular weight is 173 g/mol. The third-order valence-electron chi connectivity index (χ3n) is 0.824. The van der Waals surface area contributed by atoms with Crippen molar-refractivity contribution in [3.63, 3.8) is 0 Å². The smallest absolute Gasteiger partial charge is 0.349 e. The van der Waals surface area contributed by atoms with Gasteiger partial charge in [-0.05, 0) is 13.8 Å². The molecule has 0 aromatic carbocycles. The van der Waals surface area contributed by atoms with E-state index in [1.807, 2.05) is 0 Å². The lowest BCUT2D eigenvalue weighted by Gasteiger charge is -2.03. The Balaban J connectivity index is 3.83. The summed E-state index contributed by atoms with van der Waals surface area (Å²) in [6.45, 7) is 3.40. The van der Waals surface area contributed by atoms with Crippen LogP contribution in [0.4, 0.5) is 0 Å². The van der Waals surface area contributed by atoms with Gasteiger partial charge in [0.05, 0.1) is 6.10 Å². The van der Waals surface area contributed by atoms with Crippen molar-refractivity contribution in [3.05, 3.63) is 12.2 Å². The topological polar surface area (TPSA) is 78.6 Å². The van der Waals surface area contributed by atoms with Gasteiger partial charge in [-0.1, -0.05) is 0 Å². The Morgan fingerprint density at radius 3 is 2.17 bits per heavy atom. The van der Waals surface area contributed by atoms with Crippen molar-refractivity contribution < 1.29 is 19.2 Å². The quantitative estimate of drug-likeness (QED) is 0.366. The Hall–Kier alpha value is -1.36. The van der Waals surface area contributed by atoms with Crippen LogP contribution in [0, 0.1) is 0 Å². The van der Waals surface area contributed by atoms with Crippen LogP contribution >= 0.6 is 0 Å². The molecule has 0 aliphatic heterocycles. The number of carbonyl (C=O) groups is 2. The van der Waals surface area contributed by atoms with Crippen molar-refractivity contribution in [1.29, 1.82) is 0 Å². The highest BCUT2D eigenvalue weighted by molar-refractivity contribution is 5.91. The zero-order valence-electron chi connectivity index (χ0n) is 6.94. The van der Waals surface area contributed by atoms with Gasteiger partial charge in [-0.2, -0.15) is 5.90 Å². The summed E-state index contributed by atoms with van der Waals surface area (Å²) in [4.78, 5) is 24.8. The largest absolute Gasteiger partial charge is 0.460 e. The first kappa shape index (κ1) is 10.6. The van der Waals surface area contributed by atoms with Crippen molar-refractivity contribution in [2.24, 2.45) is 5.90 Å². The van der Waals surface area contributed by atoms with Gasteiger partial charge in [-0.3, -0.25) is 0 Å². The summed E-state index contributed by atoms with van der Waals surface area (Å²) in [6.07, 6.45) is 1.64. The summed E-state index contributed by atoms with van der Waals surface area (Å²) in [5.41, 5.74) is 0. The van der Waals surface area contributed by atoms with E-state index in [0.29, 0.717) is 0 Å². The standard InChI is InChI=1S/C7H11NO4/c1-5(2)11-6(9)3-4-7(10)12-8/h3-5H,8H2,1-2H3/b4-3+. The van der Waals surface area contributed by atoms with Crippen LogP contribution in [-0.4, -0.2) is 18.0 Å². The van der Waals surface area contributed by atoms with Crippen LogP contribution in [0.3, 0.4) is 0 Å². The summed E-state index contributed by atoms with van der Waals surface area (Å²) in [6, 6.07) is 0. The van der Waals surface area contributed by atoms with Crippen molar-refractivity contribution >= 4 is 11.9 Å².